The second-order valence-corrected chi connectivity index (χ2v) is 11.4. The van der Waals surface area contributed by atoms with Crippen molar-refractivity contribution in [1.82, 2.24) is 9.88 Å². The molecule has 0 bridgehead atoms. The SMILES string of the molecule is C=Cc1c(C)cccc1OC(=O)N1CCC(c2nc(COc3ccc(S(C)(=O)=O)cc3)cs2)CC1. The second-order valence-electron chi connectivity index (χ2n) is 8.53. The summed E-state index contributed by atoms with van der Waals surface area (Å²) in [6, 6.07) is 12.0. The third-order valence-corrected chi connectivity index (χ3v) is 8.18. The lowest BCUT2D eigenvalue weighted by atomic mass is 9.98. The van der Waals surface area contributed by atoms with Crippen LogP contribution in [-0.2, 0) is 16.4 Å². The summed E-state index contributed by atoms with van der Waals surface area (Å²) < 4.78 is 34.6. The Labute approximate surface area is 209 Å². The summed E-state index contributed by atoms with van der Waals surface area (Å²) in [6.07, 6.45) is 4.18. The van der Waals surface area contributed by atoms with E-state index in [1.54, 1.807) is 40.5 Å². The number of thiazole rings is 1. The van der Waals surface area contributed by atoms with Crippen LogP contribution in [0.3, 0.4) is 0 Å². The first-order chi connectivity index (χ1) is 16.7. The molecule has 2 aromatic carbocycles. The number of hydrogen-bond acceptors (Lipinski definition) is 7. The summed E-state index contributed by atoms with van der Waals surface area (Å²) in [6.45, 7) is 7.30. The maximum atomic E-state index is 12.7. The molecule has 2 heterocycles. The number of sulfone groups is 1. The monoisotopic (exact) mass is 512 g/mol. The highest BCUT2D eigenvalue weighted by Crippen LogP contribution is 2.31. The Morgan fingerprint density at radius 1 is 1.20 bits per heavy atom. The van der Waals surface area contributed by atoms with Gasteiger partial charge in [0.15, 0.2) is 9.84 Å². The maximum absolute atomic E-state index is 12.7. The standard InChI is InChI=1S/C26H28N2O5S2/c1-4-23-18(2)6-5-7-24(23)33-26(29)28-14-12-19(13-15-28)25-27-20(17-34-25)16-32-21-8-10-22(11-9-21)35(3,30)31/h4-11,17,19H,1,12-16H2,2-3H3. The van der Waals surface area contributed by atoms with E-state index in [9.17, 15) is 13.2 Å². The molecule has 3 aromatic rings. The number of ether oxygens (including phenoxy) is 2. The molecule has 184 valence electrons. The molecule has 1 saturated heterocycles. The van der Waals surface area contributed by atoms with Gasteiger partial charge in [-0.3, -0.25) is 0 Å². The molecule has 0 spiro atoms. The summed E-state index contributed by atoms with van der Waals surface area (Å²) in [5.41, 5.74) is 2.67. The fourth-order valence-corrected chi connectivity index (χ4v) is 5.59. The van der Waals surface area contributed by atoms with E-state index in [1.807, 2.05) is 24.4 Å². The number of nitrogens with zero attached hydrogens (tertiary/aromatic N) is 2. The minimum atomic E-state index is -3.23. The number of piperidine rings is 1. The Hall–Kier alpha value is -3.17. The zero-order valence-electron chi connectivity index (χ0n) is 19.8. The molecule has 1 aliphatic heterocycles. The van der Waals surface area contributed by atoms with Crippen LogP contribution in [0.15, 0.2) is 59.3 Å². The first-order valence-electron chi connectivity index (χ1n) is 11.3. The summed E-state index contributed by atoms with van der Waals surface area (Å²) in [5, 5.41) is 3.02. The van der Waals surface area contributed by atoms with E-state index in [0.717, 1.165) is 34.7 Å². The average molecular weight is 513 g/mol. The van der Waals surface area contributed by atoms with E-state index in [4.69, 9.17) is 14.5 Å². The van der Waals surface area contributed by atoms with Crippen molar-refractivity contribution in [2.24, 2.45) is 0 Å². The topological polar surface area (TPSA) is 85.8 Å². The van der Waals surface area contributed by atoms with Gasteiger partial charge in [0.1, 0.15) is 18.1 Å². The first-order valence-corrected chi connectivity index (χ1v) is 14.1. The summed E-state index contributed by atoms with van der Waals surface area (Å²) in [5.74, 6) is 1.41. The second kappa shape index (κ2) is 10.6. The fourth-order valence-electron chi connectivity index (χ4n) is 3.99. The van der Waals surface area contributed by atoms with E-state index in [0.29, 0.717) is 31.2 Å². The summed E-state index contributed by atoms with van der Waals surface area (Å²) in [4.78, 5) is 19.4. The van der Waals surface area contributed by atoms with Crippen molar-refractivity contribution in [3.8, 4) is 11.5 Å². The highest BCUT2D eigenvalue weighted by atomic mass is 32.2. The number of carbonyl (C=O) groups is 1. The van der Waals surface area contributed by atoms with Crippen molar-refractivity contribution in [3.05, 3.63) is 76.3 Å². The van der Waals surface area contributed by atoms with Crippen LogP contribution >= 0.6 is 11.3 Å². The maximum Gasteiger partial charge on any atom is 0.415 e. The Morgan fingerprint density at radius 3 is 2.57 bits per heavy atom. The largest absolute Gasteiger partial charge is 0.487 e. The van der Waals surface area contributed by atoms with Gasteiger partial charge in [-0.15, -0.1) is 11.3 Å². The van der Waals surface area contributed by atoms with Crippen LogP contribution in [-0.4, -0.2) is 43.7 Å². The van der Waals surface area contributed by atoms with Gasteiger partial charge < -0.3 is 14.4 Å². The van der Waals surface area contributed by atoms with Crippen LogP contribution in [0, 0.1) is 6.92 Å². The molecular formula is C26H28N2O5S2. The molecule has 1 fully saturated rings. The van der Waals surface area contributed by atoms with E-state index in [1.165, 1.54) is 18.4 Å². The number of likely N-dealkylation sites (tertiary alicyclic amines) is 1. The van der Waals surface area contributed by atoms with Crippen LogP contribution in [0.4, 0.5) is 4.79 Å². The Morgan fingerprint density at radius 2 is 1.91 bits per heavy atom. The average Bonchev–Trinajstić information content (AvgIpc) is 3.32. The van der Waals surface area contributed by atoms with Crippen LogP contribution < -0.4 is 9.47 Å². The predicted octanol–water partition coefficient (Wildman–Crippen LogP) is 5.46. The fraction of sp³-hybridized carbons (Fsp3) is 0.308. The molecule has 35 heavy (non-hydrogen) atoms. The highest BCUT2D eigenvalue weighted by molar-refractivity contribution is 7.90. The quantitative estimate of drug-likeness (QED) is 0.418. The number of amides is 1. The number of benzene rings is 2. The molecule has 4 rings (SSSR count). The predicted molar refractivity (Wildman–Crippen MR) is 137 cm³/mol. The van der Waals surface area contributed by atoms with Crippen LogP contribution in [0.5, 0.6) is 11.5 Å². The zero-order valence-corrected chi connectivity index (χ0v) is 21.4. The number of carbonyl (C=O) groups excluding carboxylic acids is 1. The molecule has 9 heteroatoms. The van der Waals surface area contributed by atoms with Crippen molar-refractivity contribution in [2.75, 3.05) is 19.3 Å². The van der Waals surface area contributed by atoms with Gasteiger partial charge in [-0.05, 0) is 55.7 Å². The van der Waals surface area contributed by atoms with E-state index < -0.39 is 9.84 Å². The van der Waals surface area contributed by atoms with Gasteiger partial charge in [0, 0.05) is 36.2 Å². The molecule has 0 radical (unpaired) electrons. The number of hydrogen-bond donors (Lipinski definition) is 0. The van der Waals surface area contributed by atoms with Gasteiger partial charge in [0.2, 0.25) is 0 Å². The lowest BCUT2D eigenvalue weighted by Gasteiger charge is -2.30. The van der Waals surface area contributed by atoms with Gasteiger partial charge in [-0.2, -0.15) is 0 Å². The molecule has 1 aliphatic rings. The minimum absolute atomic E-state index is 0.260. The number of aryl methyl sites for hydroxylation is 1. The molecule has 0 unspecified atom stereocenters. The molecule has 0 atom stereocenters. The molecule has 7 nitrogen and oxygen atoms in total. The van der Waals surface area contributed by atoms with Gasteiger partial charge in [0.05, 0.1) is 15.6 Å². The normalized spacial score (nSPS) is 14.5. The van der Waals surface area contributed by atoms with E-state index >= 15 is 0 Å². The lowest BCUT2D eigenvalue weighted by Crippen LogP contribution is -2.39. The summed E-state index contributed by atoms with van der Waals surface area (Å²) >= 11 is 1.60. The zero-order chi connectivity index (χ0) is 25.0. The molecule has 0 saturated carbocycles. The third kappa shape index (κ3) is 6.10. The molecular weight excluding hydrogens is 484 g/mol. The van der Waals surface area contributed by atoms with Gasteiger partial charge in [-0.1, -0.05) is 24.8 Å². The van der Waals surface area contributed by atoms with Crippen LogP contribution in [0.25, 0.3) is 6.08 Å². The Bertz CT molecular complexity index is 1310. The number of rotatable bonds is 7. The first kappa shape index (κ1) is 24.9. The Balaban J connectivity index is 1.29. The van der Waals surface area contributed by atoms with Crippen molar-refractivity contribution < 1.29 is 22.7 Å². The van der Waals surface area contributed by atoms with Crippen LogP contribution in [0.1, 0.15) is 40.6 Å². The molecule has 1 aromatic heterocycles. The van der Waals surface area contributed by atoms with E-state index in [-0.39, 0.29) is 16.9 Å². The number of aromatic nitrogens is 1. The molecule has 0 aliphatic carbocycles. The summed E-state index contributed by atoms with van der Waals surface area (Å²) in [7, 11) is -3.23. The van der Waals surface area contributed by atoms with E-state index in [2.05, 4.69) is 6.58 Å². The molecule has 0 N–H and O–H groups in total. The van der Waals surface area contributed by atoms with Gasteiger partial charge >= 0.3 is 6.09 Å². The van der Waals surface area contributed by atoms with Gasteiger partial charge in [-0.25, -0.2) is 18.2 Å². The lowest BCUT2D eigenvalue weighted by molar-refractivity contribution is 0.138. The minimum Gasteiger partial charge on any atom is -0.487 e. The highest BCUT2D eigenvalue weighted by Gasteiger charge is 2.27. The Kier molecular flexibility index (Phi) is 7.57. The smallest absolute Gasteiger partial charge is 0.415 e. The van der Waals surface area contributed by atoms with Crippen molar-refractivity contribution in [3.63, 3.8) is 0 Å². The van der Waals surface area contributed by atoms with Crippen molar-refractivity contribution >= 4 is 33.3 Å². The molecule has 1 amide bonds. The van der Waals surface area contributed by atoms with Gasteiger partial charge in [0.25, 0.3) is 0 Å². The van der Waals surface area contributed by atoms with Crippen molar-refractivity contribution in [2.45, 2.75) is 37.2 Å². The third-order valence-electron chi connectivity index (χ3n) is 6.00. The van der Waals surface area contributed by atoms with Crippen molar-refractivity contribution in [1.29, 1.82) is 0 Å². The van der Waals surface area contributed by atoms with Crippen LogP contribution in [0.2, 0.25) is 0 Å².